The first kappa shape index (κ1) is 17.7. The van der Waals surface area contributed by atoms with E-state index in [1.54, 1.807) is 31.2 Å². The van der Waals surface area contributed by atoms with Crippen molar-refractivity contribution in [3.05, 3.63) is 70.8 Å². The number of carbonyl (C=O) groups is 2. The summed E-state index contributed by atoms with van der Waals surface area (Å²) in [5.41, 5.74) is 3.16. The number of fused-ring (bicyclic) bond motifs is 2. The molecule has 140 valence electrons. The van der Waals surface area contributed by atoms with Gasteiger partial charge >= 0.3 is 5.97 Å². The lowest BCUT2D eigenvalue weighted by Gasteiger charge is -2.41. The Balaban J connectivity index is 1.52. The number of rotatable bonds is 3. The lowest BCUT2D eigenvalue weighted by Crippen LogP contribution is -2.51. The molecule has 2 aromatic rings. The number of morpholine rings is 1. The fourth-order valence-corrected chi connectivity index (χ4v) is 4.07. The van der Waals surface area contributed by atoms with E-state index in [0.29, 0.717) is 37.4 Å². The summed E-state index contributed by atoms with van der Waals surface area (Å²) in [6, 6.07) is 15.0. The first-order chi connectivity index (χ1) is 13.1. The molecule has 1 heterocycles. The number of hydrogen-bond donors (Lipinski definition) is 0. The molecular weight excluding hydrogens is 342 g/mol. The predicted octanol–water partition coefficient (Wildman–Crippen LogP) is 3.18. The zero-order valence-electron chi connectivity index (χ0n) is 15.4. The van der Waals surface area contributed by atoms with Crippen molar-refractivity contribution in [1.82, 2.24) is 4.90 Å². The second-order valence-electron chi connectivity index (χ2n) is 7.02. The number of carbonyl (C=O) groups excluding carboxylic acids is 2. The van der Waals surface area contributed by atoms with E-state index in [-0.39, 0.29) is 11.9 Å². The molecule has 1 aliphatic heterocycles. The average molecular weight is 365 g/mol. The van der Waals surface area contributed by atoms with E-state index in [0.717, 1.165) is 12.8 Å². The van der Waals surface area contributed by atoms with Crippen LogP contribution in [-0.2, 0) is 21.5 Å². The van der Waals surface area contributed by atoms with Crippen LogP contribution in [0.4, 0.5) is 0 Å². The zero-order chi connectivity index (χ0) is 18.9. The van der Waals surface area contributed by atoms with Crippen LogP contribution in [0.25, 0.3) is 0 Å². The minimum Gasteiger partial charge on any atom is -0.462 e. The Morgan fingerprint density at radius 2 is 1.85 bits per heavy atom. The number of ether oxygens (including phenoxy) is 2. The van der Waals surface area contributed by atoms with Gasteiger partial charge in [-0.1, -0.05) is 24.3 Å². The number of nitrogens with zero attached hydrogens (tertiary/aromatic N) is 1. The maximum Gasteiger partial charge on any atom is 0.338 e. The van der Waals surface area contributed by atoms with Gasteiger partial charge in [0.15, 0.2) is 0 Å². The average Bonchev–Trinajstić information content (AvgIpc) is 3.06. The van der Waals surface area contributed by atoms with Crippen LogP contribution in [-0.4, -0.2) is 43.1 Å². The van der Waals surface area contributed by atoms with Gasteiger partial charge in [0.05, 0.1) is 25.3 Å². The van der Waals surface area contributed by atoms with E-state index in [1.165, 1.54) is 11.1 Å². The Bertz CT molecular complexity index is 857. The van der Waals surface area contributed by atoms with Crippen molar-refractivity contribution in [1.29, 1.82) is 0 Å². The largest absolute Gasteiger partial charge is 0.462 e. The summed E-state index contributed by atoms with van der Waals surface area (Å²) in [6.07, 6.45) is 1.88. The molecule has 0 aromatic heterocycles. The van der Waals surface area contributed by atoms with E-state index in [2.05, 4.69) is 18.2 Å². The number of amides is 1. The molecule has 4 rings (SSSR count). The van der Waals surface area contributed by atoms with Crippen molar-refractivity contribution in [3.8, 4) is 0 Å². The van der Waals surface area contributed by atoms with Gasteiger partial charge in [-0.3, -0.25) is 4.79 Å². The molecule has 27 heavy (non-hydrogen) atoms. The third-order valence-electron chi connectivity index (χ3n) is 5.42. The molecule has 1 saturated heterocycles. The van der Waals surface area contributed by atoms with Gasteiger partial charge in [-0.2, -0.15) is 0 Å². The van der Waals surface area contributed by atoms with Gasteiger partial charge in [0.2, 0.25) is 0 Å². The first-order valence-corrected chi connectivity index (χ1v) is 9.42. The van der Waals surface area contributed by atoms with Crippen LogP contribution in [0.1, 0.15) is 45.2 Å². The summed E-state index contributed by atoms with van der Waals surface area (Å²) in [7, 11) is 0. The van der Waals surface area contributed by atoms with Gasteiger partial charge in [0.1, 0.15) is 5.60 Å². The van der Waals surface area contributed by atoms with E-state index in [1.807, 2.05) is 11.0 Å². The Kier molecular flexibility index (Phi) is 4.70. The molecule has 1 aliphatic carbocycles. The molecule has 1 spiro atoms. The molecular formula is C22H23NO4. The molecule has 1 amide bonds. The summed E-state index contributed by atoms with van der Waals surface area (Å²) < 4.78 is 11.2. The topological polar surface area (TPSA) is 55.8 Å². The number of esters is 1. The quantitative estimate of drug-likeness (QED) is 0.784. The smallest absolute Gasteiger partial charge is 0.338 e. The third kappa shape index (κ3) is 3.23. The second-order valence-corrected chi connectivity index (χ2v) is 7.02. The van der Waals surface area contributed by atoms with Crippen molar-refractivity contribution < 1.29 is 19.1 Å². The van der Waals surface area contributed by atoms with E-state index in [9.17, 15) is 9.59 Å². The minimum atomic E-state index is -0.393. The Morgan fingerprint density at radius 1 is 1.11 bits per heavy atom. The van der Waals surface area contributed by atoms with Gasteiger partial charge in [-0.05, 0) is 55.2 Å². The fraction of sp³-hybridized carbons (Fsp3) is 0.364. The SMILES string of the molecule is CCOC(=O)c1ccc(C(=O)N2CCOC3(CCc4ccccc43)C2)cc1. The van der Waals surface area contributed by atoms with Crippen molar-refractivity contribution in [3.63, 3.8) is 0 Å². The Hall–Kier alpha value is -2.66. The molecule has 0 saturated carbocycles. The monoisotopic (exact) mass is 365 g/mol. The minimum absolute atomic E-state index is 0.0301. The van der Waals surface area contributed by atoms with Crippen LogP contribution < -0.4 is 0 Å². The molecule has 5 heteroatoms. The molecule has 0 N–H and O–H groups in total. The first-order valence-electron chi connectivity index (χ1n) is 9.42. The standard InChI is InChI=1S/C22H23NO4/c1-2-26-21(25)18-9-7-17(8-10-18)20(24)23-13-14-27-22(15-23)12-11-16-5-3-4-6-19(16)22/h3-10H,2,11-15H2,1H3. The molecule has 5 nitrogen and oxygen atoms in total. The van der Waals surface area contributed by atoms with E-state index >= 15 is 0 Å². The Morgan fingerprint density at radius 3 is 2.63 bits per heavy atom. The van der Waals surface area contributed by atoms with Gasteiger partial charge in [0, 0.05) is 12.1 Å². The fourth-order valence-electron chi connectivity index (χ4n) is 4.07. The highest BCUT2D eigenvalue weighted by molar-refractivity contribution is 5.96. The van der Waals surface area contributed by atoms with Crippen LogP contribution in [0.3, 0.4) is 0 Å². The molecule has 1 fully saturated rings. The van der Waals surface area contributed by atoms with Crippen molar-refractivity contribution in [2.24, 2.45) is 0 Å². The highest BCUT2D eigenvalue weighted by Crippen LogP contribution is 2.42. The summed E-state index contributed by atoms with van der Waals surface area (Å²) >= 11 is 0. The summed E-state index contributed by atoms with van der Waals surface area (Å²) in [5.74, 6) is -0.401. The lowest BCUT2D eigenvalue weighted by molar-refractivity contribution is -0.103. The summed E-state index contributed by atoms with van der Waals surface area (Å²) in [4.78, 5) is 26.7. The van der Waals surface area contributed by atoms with Crippen LogP contribution in [0.15, 0.2) is 48.5 Å². The summed E-state index contributed by atoms with van der Waals surface area (Å²) in [5, 5.41) is 0. The lowest BCUT2D eigenvalue weighted by atomic mass is 9.93. The van der Waals surface area contributed by atoms with Crippen LogP contribution in [0.2, 0.25) is 0 Å². The molecule has 1 unspecified atom stereocenters. The second kappa shape index (κ2) is 7.16. The van der Waals surface area contributed by atoms with Gasteiger partial charge < -0.3 is 14.4 Å². The maximum atomic E-state index is 13.0. The maximum absolute atomic E-state index is 13.0. The van der Waals surface area contributed by atoms with Crippen LogP contribution >= 0.6 is 0 Å². The van der Waals surface area contributed by atoms with Crippen molar-refractivity contribution in [2.45, 2.75) is 25.4 Å². The molecule has 2 aliphatic rings. The predicted molar refractivity (Wildman–Crippen MR) is 101 cm³/mol. The molecule has 2 aromatic carbocycles. The van der Waals surface area contributed by atoms with Crippen molar-refractivity contribution >= 4 is 11.9 Å². The molecule has 1 atom stereocenters. The third-order valence-corrected chi connectivity index (χ3v) is 5.42. The van der Waals surface area contributed by atoms with E-state index < -0.39 is 5.60 Å². The number of benzene rings is 2. The van der Waals surface area contributed by atoms with Crippen LogP contribution in [0, 0.1) is 0 Å². The highest BCUT2D eigenvalue weighted by atomic mass is 16.5. The van der Waals surface area contributed by atoms with Gasteiger partial charge in [0.25, 0.3) is 5.91 Å². The van der Waals surface area contributed by atoms with Crippen LogP contribution in [0.5, 0.6) is 0 Å². The van der Waals surface area contributed by atoms with Gasteiger partial charge in [-0.25, -0.2) is 4.79 Å². The number of hydrogen-bond acceptors (Lipinski definition) is 4. The molecule has 0 bridgehead atoms. The normalized spacial score (nSPS) is 21.1. The van der Waals surface area contributed by atoms with Gasteiger partial charge in [-0.15, -0.1) is 0 Å². The number of aryl methyl sites for hydroxylation is 1. The zero-order valence-corrected chi connectivity index (χ0v) is 15.4. The van der Waals surface area contributed by atoms with Crippen molar-refractivity contribution in [2.75, 3.05) is 26.3 Å². The summed E-state index contributed by atoms with van der Waals surface area (Å²) in [6.45, 7) is 3.76. The molecule has 0 radical (unpaired) electrons. The highest BCUT2D eigenvalue weighted by Gasteiger charge is 2.44. The van der Waals surface area contributed by atoms with E-state index in [4.69, 9.17) is 9.47 Å². The Labute approximate surface area is 158 Å².